The van der Waals surface area contributed by atoms with Crippen molar-refractivity contribution in [2.24, 2.45) is 0 Å². The monoisotopic (exact) mass is 368 g/mol. The van der Waals surface area contributed by atoms with Gasteiger partial charge in [0, 0.05) is 12.6 Å². The highest BCUT2D eigenvalue weighted by Crippen LogP contribution is 2.23. The van der Waals surface area contributed by atoms with Gasteiger partial charge < -0.3 is 4.74 Å². The van der Waals surface area contributed by atoms with Gasteiger partial charge in [0.05, 0.1) is 12.0 Å². The first-order chi connectivity index (χ1) is 11.5. The summed E-state index contributed by atoms with van der Waals surface area (Å²) >= 11 is 1.62. The van der Waals surface area contributed by atoms with Crippen LogP contribution in [0, 0.1) is 0 Å². The van der Waals surface area contributed by atoms with E-state index < -0.39 is 10.0 Å². The van der Waals surface area contributed by atoms with Crippen LogP contribution in [0.2, 0.25) is 0 Å². The number of hydrogen-bond acceptors (Lipinski definition) is 5. The van der Waals surface area contributed by atoms with Crippen molar-refractivity contribution in [3.8, 4) is 5.75 Å². The van der Waals surface area contributed by atoms with E-state index in [-0.39, 0.29) is 10.9 Å². The Morgan fingerprint density at radius 3 is 2.33 bits per heavy atom. The van der Waals surface area contributed by atoms with Crippen LogP contribution in [-0.4, -0.2) is 40.1 Å². The van der Waals surface area contributed by atoms with Gasteiger partial charge in [-0.1, -0.05) is 13.8 Å². The molecule has 1 aromatic carbocycles. The van der Waals surface area contributed by atoms with Crippen LogP contribution in [0.1, 0.15) is 25.5 Å². The largest absolute Gasteiger partial charge is 0.497 e. The van der Waals surface area contributed by atoms with E-state index in [1.807, 2.05) is 5.38 Å². The molecule has 1 N–H and O–H groups in total. The molecule has 24 heavy (non-hydrogen) atoms. The highest BCUT2D eigenvalue weighted by atomic mass is 32.2. The number of likely N-dealkylation sites (N-methyl/N-ethyl adjacent to an activating group) is 1. The molecule has 5 nitrogen and oxygen atoms in total. The number of rotatable bonds is 9. The zero-order valence-electron chi connectivity index (χ0n) is 14.2. The van der Waals surface area contributed by atoms with Gasteiger partial charge in [-0.25, -0.2) is 13.1 Å². The first kappa shape index (κ1) is 18.9. The minimum absolute atomic E-state index is 0.0271. The maximum atomic E-state index is 12.5. The molecule has 0 aliphatic carbocycles. The van der Waals surface area contributed by atoms with E-state index in [9.17, 15) is 8.42 Å². The van der Waals surface area contributed by atoms with Gasteiger partial charge in [-0.3, -0.25) is 4.90 Å². The van der Waals surface area contributed by atoms with Crippen molar-refractivity contribution >= 4 is 21.4 Å². The number of methoxy groups -OCH3 is 1. The van der Waals surface area contributed by atoms with E-state index in [2.05, 4.69) is 34.9 Å². The SMILES string of the molecule is CCN(CC)[C@@H](CNS(=O)(=O)c1ccc(OC)cc1)c1ccsc1. The molecule has 2 aromatic rings. The molecular weight excluding hydrogens is 344 g/mol. The predicted molar refractivity (Wildman–Crippen MR) is 98.2 cm³/mol. The number of ether oxygens (including phenoxy) is 1. The predicted octanol–water partition coefficient (Wildman–Crippen LogP) is 3.12. The van der Waals surface area contributed by atoms with Crippen LogP contribution >= 0.6 is 11.3 Å². The van der Waals surface area contributed by atoms with Crippen LogP contribution in [0.25, 0.3) is 0 Å². The van der Waals surface area contributed by atoms with Crippen molar-refractivity contribution in [1.29, 1.82) is 0 Å². The van der Waals surface area contributed by atoms with E-state index in [1.54, 1.807) is 42.7 Å². The van der Waals surface area contributed by atoms with Crippen LogP contribution in [0.4, 0.5) is 0 Å². The summed E-state index contributed by atoms with van der Waals surface area (Å²) in [6.45, 7) is 6.23. The summed E-state index contributed by atoms with van der Waals surface area (Å²) in [7, 11) is -2.00. The molecule has 1 heterocycles. The quantitative estimate of drug-likeness (QED) is 0.739. The Labute approximate surface area is 148 Å². The van der Waals surface area contributed by atoms with Crippen molar-refractivity contribution in [3.05, 3.63) is 46.7 Å². The van der Waals surface area contributed by atoms with Crippen molar-refractivity contribution in [1.82, 2.24) is 9.62 Å². The summed E-state index contributed by atoms with van der Waals surface area (Å²) in [4.78, 5) is 2.49. The Morgan fingerprint density at radius 1 is 1.17 bits per heavy atom. The van der Waals surface area contributed by atoms with E-state index in [0.717, 1.165) is 18.7 Å². The third kappa shape index (κ3) is 4.57. The molecule has 132 valence electrons. The summed E-state index contributed by atoms with van der Waals surface area (Å²) in [6, 6.07) is 8.48. The van der Waals surface area contributed by atoms with E-state index in [0.29, 0.717) is 12.3 Å². The van der Waals surface area contributed by atoms with Crippen LogP contribution in [0.15, 0.2) is 46.0 Å². The summed E-state index contributed by atoms with van der Waals surface area (Å²) in [6.07, 6.45) is 0. The second-order valence-corrected chi connectivity index (χ2v) is 7.87. The fourth-order valence-corrected chi connectivity index (χ4v) is 4.36. The Hall–Kier alpha value is -1.41. The highest BCUT2D eigenvalue weighted by molar-refractivity contribution is 7.89. The average Bonchev–Trinajstić information content (AvgIpc) is 3.13. The Morgan fingerprint density at radius 2 is 1.83 bits per heavy atom. The number of hydrogen-bond donors (Lipinski definition) is 1. The van der Waals surface area contributed by atoms with Gasteiger partial charge in [-0.2, -0.15) is 11.3 Å². The zero-order valence-corrected chi connectivity index (χ0v) is 15.9. The molecule has 0 fully saturated rings. The lowest BCUT2D eigenvalue weighted by Gasteiger charge is -2.29. The van der Waals surface area contributed by atoms with Gasteiger partial charge in [0.25, 0.3) is 0 Å². The van der Waals surface area contributed by atoms with E-state index >= 15 is 0 Å². The number of nitrogens with one attached hydrogen (secondary N) is 1. The van der Waals surface area contributed by atoms with Crippen molar-refractivity contribution in [3.63, 3.8) is 0 Å². The van der Waals surface area contributed by atoms with Crippen LogP contribution in [0.5, 0.6) is 5.75 Å². The van der Waals surface area contributed by atoms with Gasteiger partial charge >= 0.3 is 0 Å². The third-order valence-corrected chi connectivity index (χ3v) is 6.16. The number of benzene rings is 1. The maximum absolute atomic E-state index is 12.5. The van der Waals surface area contributed by atoms with E-state index in [1.165, 1.54) is 0 Å². The summed E-state index contributed by atoms with van der Waals surface area (Å²) in [5.74, 6) is 0.633. The highest BCUT2D eigenvalue weighted by Gasteiger charge is 2.22. The molecule has 0 radical (unpaired) electrons. The molecule has 7 heteroatoms. The molecule has 1 aromatic heterocycles. The van der Waals surface area contributed by atoms with Gasteiger partial charge in [-0.05, 0) is 59.7 Å². The second-order valence-electron chi connectivity index (χ2n) is 5.32. The lowest BCUT2D eigenvalue weighted by molar-refractivity contribution is 0.220. The second kappa shape index (κ2) is 8.62. The van der Waals surface area contributed by atoms with Gasteiger partial charge in [0.15, 0.2) is 0 Å². The number of thiophene rings is 1. The lowest BCUT2D eigenvalue weighted by Crippen LogP contribution is -2.37. The lowest BCUT2D eigenvalue weighted by atomic mass is 10.1. The van der Waals surface area contributed by atoms with Crippen LogP contribution < -0.4 is 9.46 Å². The molecular formula is C17H24N2O3S2. The summed E-state index contributed by atoms with van der Waals surface area (Å²) in [5, 5.41) is 4.09. The molecule has 0 saturated carbocycles. The third-order valence-electron chi connectivity index (χ3n) is 4.02. The molecule has 2 rings (SSSR count). The molecule has 0 unspecified atom stereocenters. The fourth-order valence-electron chi connectivity index (χ4n) is 2.61. The summed E-state index contributed by atoms with van der Waals surface area (Å²) in [5.41, 5.74) is 1.14. The number of sulfonamides is 1. The fraction of sp³-hybridized carbons (Fsp3) is 0.412. The van der Waals surface area contributed by atoms with Crippen molar-refractivity contribution in [2.75, 3.05) is 26.7 Å². The molecule has 0 amide bonds. The van der Waals surface area contributed by atoms with E-state index in [4.69, 9.17) is 4.74 Å². The standard InChI is InChI=1S/C17H24N2O3S2/c1-4-19(5-2)17(14-10-11-23-13-14)12-18-24(20,21)16-8-6-15(22-3)7-9-16/h6-11,13,17-18H,4-5,12H2,1-3H3/t17-/m0/s1. The Bertz CT molecular complexity index is 709. The smallest absolute Gasteiger partial charge is 0.240 e. The van der Waals surface area contributed by atoms with Gasteiger partial charge in [-0.15, -0.1) is 0 Å². The molecule has 0 bridgehead atoms. The minimum Gasteiger partial charge on any atom is -0.497 e. The molecule has 0 aliphatic rings. The molecule has 1 atom stereocenters. The topological polar surface area (TPSA) is 58.6 Å². The average molecular weight is 369 g/mol. The van der Waals surface area contributed by atoms with Gasteiger partial charge in [0.2, 0.25) is 10.0 Å². The zero-order chi connectivity index (χ0) is 17.6. The first-order valence-electron chi connectivity index (χ1n) is 7.91. The van der Waals surface area contributed by atoms with Crippen LogP contribution in [0.3, 0.4) is 0 Å². The normalized spacial score (nSPS) is 13.2. The van der Waals surface area contributed by atoms with Crippen molar-refractivity contribution < 1.29 is 13.2 Å². The minimum atomic E-state index is -3.55. The first-order valence-corrected chi connectivity index (χ1v) is 10.3. The summed E-state index contributed by atoms with van der Waals surface area (Å²) < 4.78 is 32.9. The Balaban J connectivity index is 2.14. The molecule has 0 saturated heterocycles. The van der Waals surface area contributed by atoms with Crippen LogP contribution in [-0.2, 0) is 10.0 Å². The molecule has 0 spiro atoms. The number of nitrogens with zero attached hydrogens (tertiary/aromatic N) is 1. The Kier molecular flexibility index (Phi) is 6.79. The maximum Gasteiger partial charge on any atom is 0.240 e. The van der Waals surface area contributed by atoms with Crippen molar-refractivity contribution in [2.45, 2.75) is 24.8 Å². The van der Waals surface area contributed by atoms with Gasteiger partial charge in [0.1, 0.15) is 5.75 Å². The molecule has 0 aliphatic heterocycles.